The minimum Gasteiger partial charge on any atom is -0.399 e. The van der Waals surface area contributed by atoms with Crippen molar-refractivity contribution in [3.05, 3.63) is 29.8 Å². The van der Waals surface area contributed by atoms with E-state index in [1.807, 2.05) is 24.3 Å². The number of nitrogen functional groups attached to an aromatic ring is 1. The van der Waals surface area contributed by atoms with Crippen LogP contribution in [0.5, 0.6) is 0 Å². The number of anilines is 1. The predicted molar refractivity (Wildman–Crippen MR) is 65.1 cm³/mol. The molecule has 0 saturated carbocycles. The van der Waals surface area contributed by atoms with Gasteiger partial charge < -0.3 is 11.5 Å². The third-order valence-corrected chi connectivity index (χ3v) is 2.28. The Labute approximate surface area is 90.3 Å². The highest BCUT2D eigenvalue weighted by Gasteiger charge is 2.04. The summed E-state index contributed by atoms with van der Waals surface area (Å²) < 4.78 is 0. The fraction of sp³-hybridized carbons (Fsp3) is 0.364. The van der Waals surface area contributed by atoms with Gasteiger partial charge in [-0.25, -0.2) is 0 Å². The number of thiocarbonyl (C=S) groups is 1. The molecule has 0 radical (unpaired) electrons. The Kier molecular flexibility index (Phi) is 3.89. The van der Waals surface area contributed by atoms with Gasteiger partial charge in [0.05, 0.1) is 4.99 Å². The van der Waals surface area contributed by atoms with Gasteiger partial charge in [-0.05, 0) is 30.0 Å². The Hall–Kier alpha value is -1.09. The van der Waals surface area contributed by atoms with Crippen LogP contribution in [0.3, 0.4) is 0 Å². The number of rotatable bonds is 4. The Morgan fingerprint density at radius 1 is 1.36 bits per heavy atom. The number of nitrogens with two attached hydrogens (primary N) is 2. The molecule has 0 saturated heterocycles. The minimum atomic E-state index is 0.496. The Balaban J connectivity index is 2.51. The summed E-state index contributed by atoms with van der Waals surface area (Å²) in [4.78, 5) is 0.591. The molecule has 14 heavy (non-hydrogen) atoms. The van der Waals surface area contributed by atoms with Crippen LogP contribution in [0.1, 0.15) is 18.9 Å². The standard InChI is InChI=1S/C11H16N2S/c1-8(7-11(13)14)6-9-2-4-10(12)5-3-9/h2-5,8H,6-7,12H2,1H3,(H2,13,14). The normalized spacial score (nSPS) is 12.4. The average Bonchev–Trinajstić information content (AvgIpc) is 2.07. The van der Waals surface area contributed by atoms with Gasteiger partial charge in [-0.15, -0.1) is 0 Å². The molecule has 1 aromatic rings. The van der Waals surface area contributed by atoms with Crippen molar-refractivity contribution in [1.82, 2.24) is 0 Å². The van der Waals surface area contributed by atoms with Crippen molar-refractivity contribution in [2.45, 2.75) is 19.8 Å². The van der Waals surface area contributed by atoms with Crippen LogP contribution in [-0.4, -0.2) is 4.99 Å². The van der Waals surface area contributed by atoms with Gasteiger partial charge in [0.1, 0.15) is 0 Å². The molecule has 0 aliphatic carbocycles. The van der Waals surface area contributed by atoms with Crippen LogP contribution in [0.2, 0.25) is 0 Å². The fourth-order valence-electron chi connectivity index (χ4n) is 1.47. The molecular weight excluding hydrogens is 192 g/mol. The highest BCUT2D eigenvalue weighted by atomic mass is 32.1. The van der Waals surface area contributed by atoms with Crippen LogP contribution < -0.4 is 11.5 Å². The van der Waals surface area contributed by atoms with Crippen molar-refractivity contribution >= 4 is 22.9 Å². The lowest BCUT2D eigenvalue weighted by atomic mass is 9.98. The van der Waals surface area contributed by atoms with E-state index in [2.05, 4.69) is 6.92 Å². The van der Waals surface area contributed by atoms with E-state index >= 15 is 0 Å². The van der Waals surface area contributed by atoms with Crippen molar-refractivity contribution in [1.29, 1.82) is 0 Å². The Morgan fingerprint density at radius 3 is 2.43 bits per heavy atom. The van der Waals surface area contributed by atoms with E-state index in [9.17, 15) is 0 Å². The van der Waals surface area contributed by atoms with Gasteiger partial charge >= 0.3 is 0 Å². The molecule has 76 valence electrons. The van der Waals surface area contributed by atoms with Crippen LogP contribution in [0, 0.1) is 5.92 Å². The zero-order valence-electron chi connectivity index (χ0n) is 8.36. The Morgan fingerprint density at radius 2 is 1.93 bits per heavy atom. The molecule has 0 aliphatic heterocycles. The van der Waals surface area contributed by atoms with Crippen molar-refractivity contribution in [2.24, 2.45) is 11.7 Å². The zero-order valence-corrected chi connectivity index (χ0v) is 9.18. The maximum absolute atomic E-state index is 5.60. The first-order valence-electron chi connectivity index (χ1n) is 4.70. The van der Waals surface area contributed by atoms with Crippen molar-refractivity contribution in [3.63, 3.8) is 0 Å². The topological polar surface area (TPSA) is 52.0 Å². The lowest BCUT2D eigenvalue weighted by Gasteiger charge is -2.10. The van der Waals surface area contributed by atoms with E-state index in [-0.39, 0.29) is 0 Å². The lowest BCUT2D eigenvalue weighted by Crippen LogP contribution is -2.13. The first-order chi connectivity index (χ1) is 6.58. The van der Waals surface area contributed by atoms with Gasteiger partial charge in [-0.1, -0.05) is 31.3 Å². The lowest BCUT2D eigenvalue weighted by molar-refractivity contribution is 0.607. The van der Waals surface area contributed by atoms with Crippen LogP contribution in [0.25, 0.3) is 0 Å². The molecule has 0 heterocycles. The number of benzene rings is 1. The molecule has 0 amide bonds. The Bertz CT molecular complexity index is 306. The van der Waals surface area contributed by atoms with Crippen LogP contribution >= 0.6 is 12.2 Å². The molecular formula is C11H16N2S. The molecule has 4 N–H and O–H groups in total. The summed E-state index contributed by atoms with van der Waals surface area (Å²) in [6.45, 7) is 2.15. The highest BCUT2D eigenvalue weighted by molar-refractivity contribution is 7.80. The molecule has 1 rings (SSSR count). The largest absolute Gasteiger partial charge is 0.399 e. The zero-order chi connectivity index (χ0) is 10.6. The maximum Gasteiger partial charge on any atom is 0.0730 e. The summed E-state index contributed by atoms with van der Waals surface area (Å²) in [5.74, 6) is 0.496. The predicted octanol–water partition coefficient (Wildman–Crippen LogP) is 2.12. The quantitative estimate of drug-likeness (QED) is 0.588. The summed E-state index contributed by atoms with van der Waals surface area (Å²) in [6.07, 6.45) is 1.80. The van der Waals surface area contributed by atoms with E-state index in [0.29, 0.717) is 10.9 Å². The van der Waals surface area contributed by atoms with E-state index in [1.165, 1.54) is 5.56 Å². The third-order valence-electron chi connectivity index (χ3n) is 2.11. The SMILES string of the molecule is CC(CC(N)=S)Cc1ccc(N)cc1. The van der Waals surface area contributed by atoms with E-state index < -0.39 is 0 Å². The van der Waals surface area contributed by atoms with Crippen molar-refractivity contribution in [3.8, 4) is 0 Å². The van der Waals surface area contributed by atoms with Gasteiger partial charge in [0.25, 0.3) is 0 Å². The number of hydrogen-bond donors (Lipinski definition) is 2. The van der Waals surface area contributed by atoms with E-state index in [1.54, 1.807) is 0 Å². The molecule has 0 aliphatic rings. The second kappa shape index (κ2) is 4.96. The molecule has 0 bridgehead atoms. The second-order valence-electron chi connectivity index (χ2n) is 3.72. The first-order valence-corrected chi connectivity index (χ1v) is 5.11. The molecule has 0 fully saturated rings. The van der Waals surface area contributed by atoms with Gasteiger partial charge in [-0.3, -0.25) is 0 Å². The monoisotopic (exact) mass is 208 g/mol. The smallest absolute Gasteiger partial charge is 0.0730 e. The molecule has 3 heteroatoms. The van der Waals surface area contributed by atoms with Crippen LogP contribution in [0.4, 0.5) is 5.69 Å². The summed E-state index contributed by atoms with van der Waals surface area (Å²) in [5.41, 5.74) is 13.2. The second-order valence-corrected chi connectivity index (χ2v) is 4.25. The number of hydrogen-bond acceptors (Lipinski definition) is 2. The maximum atomic E-state index is 5.60. The van der Waals surface area contributed by atoms with E-state index in [4.69, 9.17) is 23.7 Å². The fourth-order valence-corrected chi connectivity index (χ4v) is 1.76. The first kappa shape index (κ1) is 11.0. The minimum absolute atomic E-state index is 0.496. The summed E-state index contributed by atoms with van der Waals surface area (Å²) in [6, 6.07) is 7.93. The van der Waals surface area contributed by atoms with Crippen LogP contribution in [-0.2, 0) is 6.42 Å². The molecule has 0 aromatic heterocycles. The highest BCUT2D eigenvalue weighted by Crippen LogP contribution is 2.13. The van der Waals surface area contributed by atoms with Gasteiger partial charge in [0, 0.05) is 12.1 Å². The molecule has 0 spiro atoms. The third kappa shape index (κ3) is 3.75. The molecule has 2 nitrogen and oxygen atoms in total. The molecule has 1 unspecified atom stereocenters. The van der Waals surface area contributed by atoms with Crippen molar-refractivity contribution < 1.29 is 0 Å². The van der Waals surface area contributed by atoms with E-state index in [0.717, 1.165) is 18.5 Å². The van der Waals surface area contributed by atoms with Gasteiger partial charge in [0.2, 0.25) is 0 Å². The summed E-state index contributed by atoms with van der Waals surface area (Å²) >= 11 is 4.87. The van der Waals surface area contributed by atoms with Gasteiger partial charge in [0.15, 0.2) is 0 Å². The average molecular weight is 208 g/mol. The molecule has 1 aromatic carbocycles. The van der Waals surface area contributed by atoms with Crippen LogP contribution in [0.15, 0.2) is 24.3 Å². The summed E-state index contributed by atoms with van der Waals surface area (Å²) in [7, 11) is 0. The van der Waals surface area contributed by atoms with Gasteiger partial charge in [-0.2, -0.15) is 0 Å². The summed E-state index contributed by atoms with van der Waals surface area (Å²) in [5, 5.41) is 0. The molecule has 1 atom stereocenters. The van der Waals surface area contributed by atoms with Crippen molar-refractivity contribution in [2.75, 3.05) is 5.73 Å².